The van der Waals surface area contributed by atoms with Crippen LogP contribution in [0.25, 0.3) is 11.3 Å². The number of ether oxygens (including phenoxy) is 2. The van der Waals surface area contributed by atoms with Gasteiger partial charge in [0.15, 0.2) is 5.13 Å². The van der Waals surface area contributed by atoms with Crippen LogP contribution in [0.3, 0.4) is 0 Å². The summed E-state index contributed by atoms with van der Waals surface area (Å²) in [7, 11) is 6.64. The smallest absolute Gasteiger partial charge is 0.319 e. The first-order valence-corrected chi connectivity index (χ1v) is 10.3. The number of benzene rings is 1. The van der Waals surface area contributed by atoms with E-state index in [9.17, 15) is 9.59 Å². The summed E-state index contributed by atoms with van der Waals surface area (Å²) >= 11 is 1.35. The Hall–Kier alpha value is -2.81. The van der Waals surface area contributed by atoms with Crippen molar-refractivity contribution in [1.82, 2.24) is 14.8 Å². The topological polar surface area (TPSA) is 84.0 Å². The third-order valence-corrected chi connectivity index (χ3v) is 5.62. The van der Waals surface area contributed by atoms with E-state index >= 15 is 0 Å². The number of anilines is 1. The van der Waals surface area contributed by atoms with Crippen LogP contribution in [0.5, 0.6) is 11.5 Å². The summed E-state index contributed by atoms with van der Waals surface area (Å²) < 4.78 is 10.7. The number of piperidine rings is 1. The molecule has 1 aromatic carbocycles. The van der Waals surface area contributed by atoms with E-state index in [-0.39, 0.29) is 17.9 Å². The van der Waals surface area contributed by atoms with E-state index in [0.717, 1.165) is 18.4 Å². The minimum absolute atomic E-state index is 0.0656. The zero-order chi connectivity index (χ0) is 21.0. The Labute approximate surface area is 174 Å². The molecule has 0 saturated carbocycles. The Bertz CT molecular complexity index is 883. The van der Waals surface area contributed by atoms with Crippen LogP contribution in [0.4, 0.5) is 9.93 Å². The van der Waals surface area contributed by atoms with E-state index in [0.29, 0.717) is 35.4 Å². The highest BCUT2D eigenvalue weighted by Gasteiger charge is 2.29. The number of aromatic nitrogens is 1. The maximum absolute atomic E-state index is 12.7. The summed E-state index contributed by atoms with van der Waals surface area (Å²) in [6.45, 7) is 1.10. The van der Waals surface area contributed by atoms with E-state index in [2.05, 4.69) is 10.3 Å². The van der Waals surface area contributed by atoms with Crippen molar-refractivity contribution in [3.63, 3.8) is 0 Å². The minimum atomic E-state index is -0.244. The third kappa shape index (κ3) is 4.79. The van der Waals surface area contributed by atoms with Crippen molar-refractivity contribution >= 4 is 28.4 Å². The normalized spacial score (nSPS) is 16.3. The van der Waals surface area contributed by atoms with Gasteiger partial charge in [-0.15, -0.1) is 11.3 Å². The van der Waals surface area contributed by atoms with Gasteiger partial charge < -0.3 is 24.6 Å². The number of hydrogen-bond acceptors (Lipinski definition) is 6. The largest absolute Gasteiger partial charge is 0.497 e. The highest BCUT2D eigenvalue weighted by Crippen LogP contribution is 2.35. The highest BCUT2D eigenvalue weighted by atomic mass is 32.1. The second-order valence-electron chi connectivity index (χ2n) is 7.06. The highest BCUT2D eigenvalue weighted by molar-refractivity contribution is 7.14. The lowest BCUT2D eigenvalue weighted by molar-refractivity contribution is -0.121. The maximum Gasteiger partial charge on any atom is 0.319 e. The molecule has 156 valence electrons. The Morgan fingerprint density at radius 1 is 1.28 bits per heavy atom. The molecular formula is C20H26N4O4S. The van der Waals surface area contributed by atoms with Crippen LogP contribution in [0.15, 0.2) is 23.6 Å². The number of nitrogens with one attached hydrogen (secondary N) is 1. The Kier molecular flexibility index (Phi) is 6.58. The number of nitrogens with zero attached hydrogens (tertiary/aromatic N) is 3. The first-order chi connectivity index (χ1) is 13.9. The average Bonchev–Trinajstić information content (AvgIpc) is 3.20. The van der Waals surface area contributed by atoms with Crippen molar-refractivity contribution in [3.8, 4) is 22.8 Å². The van der Waals surface area contributed by atoms with Gasteiger partial charge in [-0.05, 0) is 31.0 Å². The van der Waals surface area contributed by atoms with E-state index in [4.69, 9.17) is 9.47 Å². The van der Waals surface area contributed by atoms with Gasteiger partial charge in [-0.1, -0.05) is 0 Å². The number of carbonyl (C=O) groups excluding carboxylic acids is 2. The maximum atomic E-state index is 12.7. The second kappa shape index (κ2) is 9.13. The van der Waals surface area contributed by atoms with Crippen LogP contribution in [0.2, 0.25) is 0 Å². The van der Waals surface area contributed by atoms with Gasteiger partial charge in [-0.25, -0.2) is 9.78 Å². The molecule has 1 atom stereocenters. The standard InChI is InChI=1S/C20H26N4O4S/c1-23(2)20(26)24-9-5-6-13(11-24)18(25)22-19-21-16(12-29-19)15-10-14(27-3)7-8-17(15)28-4/h7-8,10,12-13H,5-6,9,11H2,1-4H3,(H,21,22,25)/t13-/m0/s1. The number of carbonyl (C=O) groups is 2. The van der Waals surface area contributed by atoms with Gasteiger partial charge in [0.05, 0.1) is 25.8 Å². The molecule has 0 spiro atoms. The van der Waals surface area contributed by atoms with E-state index in [1.165, 1.54) is 16.2 Å². The van der Waals surface area contributed by atoms with Crippen molar-refractivity contribution in [1.29, 1.82) is 0 Å². The van der Waals surface area contributed by atoms with Gasteiger partial charge >= 0.3 is 6.03 Å². The monoisotopic (exact) mass is 418 g/mol. The fraction of sp³-hybridized carbons (Fsp3) is 0.450. The summed E-state index contributed by atoms with van der Waals surface area (Å²) in [6.07, 6.45) is 1.56. The molecular weight excluding hydrogens is 392 g/mol. The fourth-order valence-electron chi connectivity index (χ4n) is 3.32. The lowest BCUT2D eigenvalue weighted by atomic mass is 9.97. The summed E-state index contributed by atoms with van der Waals surface area (Å²) in [5.74, 6) is 1.03. The molecule has 0 bridgehead atoms. The van der Waals surface area contributed by atoms with Crippen molar-refractivity contribution in [3.05, 3.63) is 23.6 Å². The molecule has 1 N–H and O–H groups in total. The van der Waals surface area contributed by atoms with Crippen molar-refractivity contribution < 1.29 is 19.1 Å². The first-order valence-electron chi connectivity index (χ1n) is 9.38. The van der Waals surface area contributed by atoms with Gasteiger partial charge in [0.25, 0.3) is 0 Å². The minimum Gasteiger partial charge on any atom is -0.497 e. The van der Waals surface area contributed by atoms with Crippen LogP contribution < -0.4 is 14.8 Å². The van der Waals surface area contributed by atoms with E-state index < -0.39 is 0 Å². The van der Waals surface area contributed by atoms with E-state index in [1.807, 2.05) is 23.6 Å². The van der Waals surface area contributed by atoms with Crippen molar-refractivity contribution in [2.45, 2.75) is 12.8 Å². The molecule has 8 nitrogen and oxygen atoms in total. The Morgan fingerprint density at radius 2 is 2.07 bits per heavy atom. The Morgan fingerprint density at radius 3 is 2.76 bits per heavy atom. The predicted molar refractivity (Wildman–Crippen MR) is 113 cm³/mol. The molecule has 9 heteroatoms. The number of hydrogen-bond donors (Lipinski definition) is 1. The van der Waals surface area contributed by atoms with Gasteiger partial charge in [-0.2, -0.15) is 0 Å². The molecule has 2 aromatic rings. The summed E-state index contributed by atoms with van der Waals surface area (Å²) in [4.78, 5) is 32.7. The summed E-state index contributed by atoms with van der Waals surface area (Å²) in [5, 5.41) is 5.29. The molecule has 1 aliphatic rings. The molecule has 29 heavy (non-hydrogen) atoms. The van der Waals surface area contributed by atoms with Gasteiger partial charge in [-0.3, -0.25) is 4.79 Å². The lowest BCUT2D eigenvalue weighted by Crippen LogP contribution is -2.47. The molecule has 0 radical (unpaired) electrons. The van der Waals surface area contributed by atoms with Gasteiger partial charge in [0.2, 0.25) is 5.91 Å². The SMILES string of the molecule is COc1ccc(OC)c(-c2csc(NC(=O)[C@H]3CCCN(C(=O)N(C)C)C3)n2)c1. The second-order valence-corrected chi connectivity index (χ2v) is 7.91. The third-order valence-electron chi connectivity index (χ3n) is 4.86. The van der Waals surface area contributed by atoms with Crippen LogP contribution in [-0.4, -0.2) is 68.1 Å². The quantitative estimate of drug-likeness (QED) is 0.806. The zero-order valence-corrected chi connectivity index (χ0v) is 17.9. The number of thiazole rings is 1. The zero-order valence-electron chi connectivity index (χ0n) is 17.1. The number of amides is 3. The molecule has 3 rings (SSSR count). The first kappa shape index (κ1) is 20.9. The summed E-state index contributed by atoms with van der Waals surface area (Å²) in [6, 6.07) is 5.43. The van der Waals surface area contributed by atoms with Crippen molar-refractivity contribution in [2.24, 2.45) is 5.92 Å². The predicted octanol–water partition coefficient (Wildman–Crippen LogP) is 3.16. The fourth-order valence-corrected chi connectivity index (χ4v) is 4.04. The number of methoxy groups -OCH3 is 2. The molecule has 3 amide bonds. The molecule has 0 unspecified atom stereocenters. The van der Waals surface area contributed by atoms with Gasteiger partial charge in [0, 0.05) is 38.1 Å². The molecule has 1 fully saturated rings. The van der Waals surface area contributed by atoms with Crippen molar-refractivity contribution in [2.75, 3.05) is 46.7 Å². The number of likely N-dealkylation sites (tertiary alicyclic amines) is 1. The molecule has 1 saturated heterocycles. The van der Waals surface area contributed by atoms with Crippen LogP contribution in [0, 0.1) is 5.92 Å². The molecule has 2 heterocycles. The summed E-state index contributed by atoms with van der Waals surface area (Å²) in [5.41, 5.74) is 1.50. The van der Waals surface area contributed by atoms with Crippen LogP contribution in [0.1, 0.15) is 12.8 Å². The Balaban J connectivity index is 1.70. The lowest BCUT2D eigenvalue weighted by Gasteiger charge is -2.33. The molecule has 1 aromatic heterocycles. The number of urea groups is 1. The number of rotatable bonds is 5. The van der Waals surface area contributed by atoms with Gasteiger partial charge in [0.1, 0.15) is 11.5 Å². The average molecular weight is 419 g/mol. The molecule has 1 aliphatic heterocycles. The van der Waals surface area contributed by atoms with E-state index in [1.54, 1.807) is 33.2 Å². The molecule has 0 aliphatic carbocycles. The van der Waals surface area contributed by atoms with Crippen LogP contribution >= 0.6 is 11.3 Å². The van der Waals surface area contributed by atoms with Crippen LogP contribution in [-0.2, 0) is 4.79 Å².